The molecule has 5 heteroatoms. The predicted molar refractivity (Wildman–Crippen MR) is 85.4 cm³/mol. The SMILES string of the molecule is Cc1ccc(N)c(S(=O)Cc2ccc(C(N)=O)cc2C)c1. The summed E-state index contributed by atoms with van der Waals surface area (Å²) in [6.07, 6.45) is 0. The molecule has 0 bridgehead atoms. The molecule has 0 spiro atoms. The highest BCUT2D eigenvalue weighted by Gasteiger charge is 2.12. The minimum Gasteiger partial charge on any atom is -0.398 e. The number of carbonyl (C=O) groups is 1. The van der Waals surface area contributed by atoms with E-state index in [1.807, 2.05) is 26.0 Å². The molecule has 4 nitrogen and oxygen atoms in total. The predicted octanol–water partition coefficient (Wildman–Crippen LogP) is 2.29. The quantitative estimate of drug-likeness (QED) is 0.850. The van der Waals surface area contributed by atoms with Crippen molar-refractivity contribution in [2.75, 3.05) is 5.73 Å². The first kappa shape index (κ1) is 15.3. The maximum absolute atomic E-state index is 12.5. The Balaban J connectivity index is 2.27. The Morgan fingerprint density at radius 2 is 1.86 bits per heavy atom. The first-order valence-corrected chi connectivity index (χ1v) is 7.84. The Kier molecular flexibility index (Phi) is 4.43. The fourth-order valence-corrected chi connectivity index (χ4v) is 3.48. The molecule has 0 saturated carbocycles. The van der Waals surface area contributed by atoms with Crippen LogP contribution < -0.4 is 11.5 Å². The Morgan fingerprint density at radius 3 is 2.48 bits per heavy atom. The second-order valence-corrected chi connectivity index (χ2v) is 6.46. The van der Waals surface area contributed by atoms with Crippen LogP contribution >= 0.6 is 0 Å². The second kappa shape index (κ2) is 6.10. The van der Waals surface area contributed by atoms with E-state index in [0.717, 1.165) is 16.7 Å². The molecule has 0 aliphatic rings. The summed E-state index contributed by atoms with van der Waals surface area (Å²) in [6, 6.07) is 10.7. The van der Waals surface area contributed by atoms with E-state index in [1.165, 1.54) is 0 Å². The van der Waals surface area contributed by atoms with Crippen LogP contribution in [0.2, 0.25) is 0 Å². The number of aryl methyl sites for hydroxylation is 2. The van der Waals surface area contributed by atoms with Crippen molar-refractivity contribution in [1.29, 1.82) is 0 Å². The fraction of sp³-hybridized carbons (Fsp3) is 0.188. The molecule has 0 aliphatic carbocycles. The lowest BCUT2D eigenvalue weighted by atomic mass is 10.1. The summed E-state index contributed by atoms with van der Waals surface area (Å²) in [4.78, 5) is 11.8. The van der Waals surface area contributed by atoms with E-state index in [0.29, 0.717) is 21.9 Å². The molecule has 1 unspecified atom stereocenters. The summed E-state index contributed by atoms with van der Waals surface area (Å²) in [7, 11) is -1.23. The van der Waals surface area contributed by atoms with Crippen LogP contribution in [0.15, 0.2) is 41.3 Å². The summed E-state index contributed by atoms with van der Waals surface area (Å²) in [6.45, 7) is 3.81. The van der Waals surface area contributed by atoms with Gasteiger partial charge in [-0.15, -0.1) is 0 Å². The average Bonchev–Trinajstić information content (AvgIpc) is 2.43. The van der Waals surface area contributed by atoms with Crippen molar-refractivity contribution in [3.63, 3.8) is 0 Å². The van der Waals surface area contributed by atoms with Crippen molar-refractivity contribution < 1.29 is 9.00 Å². The highest BCUT2D eigenvalue weighted by atomic mass is 32.2. The molecule has 0 heterocycles. The lowest BCUT2D eigenvalue weighted by Gasteiger charge is -2.10. The molecule has 0 aliphatic heterocycles. The van der Waals surface area contributed by atoms with E-state index in [2.05, 4.69) is 0 Å². The van der Waals surface area contributed by atoms with Crippen LogP contribution in [0.3, 0.4) is 0 Å². The van der Waals surface area contributed by atoms with Gasteiger partial charge in [-0.25, -0.2) is 0 Å². The number of hydrogen-bond donors (Lipinski definition) is 2. The van der Waals surface area contributed by atoms with Crippen molar-refractivity contribution >= 4 is 22.4 Å². The number of amides is 1. The molecule has 1 amide bonds. The lowest BCUT2D eigenvalue weighted by Crippen LogP contribution is -2.11. The van der Waals surface area contributed by atoms with Crippen LogP contribution in [0.4, 0.5) is 5.69 Å². The van der Waals surface area contributed by atoms with Gasteiger partial charge in [0.1, 0.15) is 0 Å². The summed E-state index contributed by atoms with van der Waals surface area (Å²) in [5.74, 6) is -0.105. The molecule has 0 saturated heterocycles. The van der Waals surface area contributed by atoms with E-state index < -0.39 is 16.7 Å². The van der Waals surface area contributed by atoms with E-state index in [-0.39, 0.29) is 0 Å². The summed E-state index contributed by atoms with van der Waals surface area (Å²) < 4.78 is 12.5. The zero-order valence-corrected chi connectivity index (χ0v) is 12.9. The molecule has 2 aromatic carbocycles. The standard InChI is InChI=1S/C16H18N2O2S/c1-10-3-6-14(17)15(7-10)21(20)9-13-5-4-12(16(18)19)8-11(13)2/h3-8H,9,17H2,1-2H3,(H2,18,19). The third-order valence-electron chi connectivity index (χ3n) is 3.33. The molecule has 0 radical (unpaired) electrons. The molecule has 1 atom stereocenters. The molecule has 0 aromatic heterocycles. The molecule has 2 rings (SSSR count). The van der Waals surface area contributed by atoms with Gasteiger partial charge < -0.3 is 11.5 Å². The Morgan fingerprint density at radius 1 is 1.14 bits per heavy atom. The molecule has 110 valence electrons. The Labute approximate surface area is 126 Å². The number of rotatable bonds is 4. The molecular formula is C16H18N2O2S. The van der Waals surface area contributed by atoms with E-state index in [4.69, 9.17) is 11.5 Å². The van der Waals surface area contributed by atoms with Crippen molar-refractivity contribution in [3.05, 3.63) is 58.7 Å². The third kappa shape index (κ3) is 3.49. The molecular weight excluding hydrogens is 284 g/mol. The molecule has 4 N–H and O–H groups in total. The second-order valence-electron chi connectivity index (χ2n) is 5.04. The number of nitrogens with two attached hydrogens (primary N) is 2. The molecule has 21 heavy (non-hydrogen) atoms. The zero-order valence-electron chi connectivity index (χ0n) is 12.1. The molecule has 0 fully saturated rings. The summed E-state index contributed by atoms with van der Waals surface area (Å²) in [5, 5.41) is 0. The minimum atomic E-state index is -1.23. The van der Waals surface area contributed by atoms with Gasteiger partial charge in [-0.3, -0.25) is 9.00 Å². The first-order valence-electron chi connectivity index (χ1n) is 6.52. The minimum absolute atomic E-state index is 0.360. The zero-order chi connectivity index (χ0) is 15.6. The molecule has 2 aromatic rings. The smallest absolute Gasteiger partial charge is 0.248 e. The van der Waals surface area contributed by atoms with Crippen LogP contribution in [-0.4, -0.2) is 10.1 Å². The van der Waals surface area contributed by atoms with Crippen LogP contribution in [0.1, 0.15) is 27.0 Å². The van der Waals surface area contributed by atoms with Gasteiger partial charge in [0.25, 0.3) is 0 Å². The highest BCUT2D eigenvalue weighted by Crippen LogP contribution is 2.22. The normalized spacial score (nSPS) is 12.1. The largest absolute Gasteiger partial charge is 0.398 e. The highest BCUT2D eigenvalue weighted by molar-refractivity contribution is 7.84. The van der Waals surface area contributed by atoms with Gasteiger partial charge in [0.15, 0.2) is 0 Å². The van der Waals surface area contributed by atoms with Crippen molar-refractivity contribution in [2.45, 2.75) is 24.5 Å². The average molecular weight is 302 g/mol. The third-order valence-corrected chi connectivity index (χ3v) is 4.75. The van der Waals surface area contributed by atoms with Crippen molar-refractivity contribution in [2.24, 2.45) is 5.73 Å². The van der Waals surface area contributed by atoms with E-state index in [1.54, 1.807) is 24.3 Å². The van der Waals surface area contributed by atoms with Crippen LogP contribution in [-0.2, 0) is 16.6 Å². The van der Waals surface area contributed by atoms with Gasteiger partial charge in [0, 0.05) is 11.3 Å². The Hall–Kier alpha value is -2.14. The van der Waals surface area contributed by atoms with Gasteiger partial charge in [0.2, 0.25) is 5.91 Å². The van der Waals surface area contributed by atoms with Gasteiger partial charge in [-0.05, 0) is 54.8 Å². The number of nitrogen functional groups attached to an aromatic ring is 1. The van der Waals surface area contributed by atoms with Crippen LogP contribution in [0.25, 0.3) is 0 Å². The van der Waals surface area contributed by atoms with Gasteiger partial charge in [-0.2, -0.15) is 0 Å². The summed E-state index contributed by atoms with van der Waals surface area (Å²) in [5.41, 5.74) is 15.0. The van der Waals surface area contributed by atoms with Crippen molar-refractivity contribution in [3.8, 4) is 0 Å². The number of anilines is 1. The Bertz CT molecular complexity index is 726. The van der Waals surface area contributed by atoms with E-state index in [9.17, 15) is 9.00 Å². The number of carbonyl (C=O) groups excluding carboxylic acids is 1. The monoisotopic (exact) mass is 302 g/mol. The topological polar surface area (TPSA) is 86.2 Å². The number of benzene rings is 2. The number of primary amides is 1. The summed E-state index contributed by atoms with van der Waals surface area (Å²) >= 11 is 0. The maximum atomic E-state index is 12.5. The maximum Gasteiger partial charge on any atom is 0.248 e. The van der Waals surface area contributed by atoms with Gasteiger partial charge in [-0.1, -0.05) is 12.1 Å². The number of hydrogen-bond acceptors (Lipinski definition) is 3. The first-order chi connectivity index (χ1) is 9.88. The van der Waals surface area contributed by atoms with Crippen LogP contribution in [0.5, 0.6) is 0 Å². The van der Waals surface area contributed by atoms with Gasteiger partial charge >= 0.3 is 0 Å². The fourth-order valence-electron chi connectivity index (χ4n) is 2.07. The lowest BCUT2D eigenvalue weighted by molar-refractivity contribution is 0.1000. The van der Waals surface area contributed by atoms with Crippen molar-refractivity contribution in [1.82, 2.24) is 0 Å². The van der Waals surface area contributed by atoms with Gasteiger partial charge in [0.05, 0.1) is 21.4 Å². The van der Waals surface area contributed by atoms with E-state index >= 15 is 0 Å². The van der Waals surface area contributed by atoms with Crippen LogP contribution in [0, 0.1) is 13.8 Å².